The van der Waals surface area contributed by atoms with Crippen molar-refractivity contribution in [1.82, 2.24) is 4.90 Å². The molecule has 0 radical (unpaired) electrons. The first-order valence-corrected chi connectivity index (χ1v) is 12.2. The molecule has 0 N–H and O–H groups in total. The van der Waals surface area contributed by atoms with Gasteiger partial charge >= 0.3 is 0 Å². The molecule has 1 saturated heterocycles. The number of imide groups is 1. The minimum atomic E-state index is -0.466. The Balaban J connectivity index is 1.57. The van der Waals surface area contributed by atoms with Crippen LogP contribution in [0.25, 0.3) is 6.08 Å². The Morgan fingerprint density at radius 3 is 2.53 bits per heavy atom. The van der Waals surface area contributed by atoms with Crippen molar-refractivity contribution in [2.75, 3.05) is 6.61 Å². The van der Waals surface area contributed by atoms with Crippen molar-refractivity contribution < 1.29 is 23.5 Å². The van der Waals surface area contributed by atoms with E-state index >= 15 is 0 Å². The maximum atomic E-state index is 14.0. The highest BCUT2D eigenvalue weighted by Gasteiger charge is 2.35. The second-order valence-corrected chi connectivity index (χ2v) is 9.08. The van der Waals surface area contributed by atoms with E-state index in [1.54, 1.807) is 67.6 Å². The third-order valence-electron chi connectivity index (χ3n) is 5.30. The van der Waals surface area contributed by atoms with Crippen molar-refractivity contribution in [3.63, 3.8) is 0 Å². The van der Waals surface area contributed by atoms with Gasteiger partial charge in [0, 0.05) is 5.56 Å². The molecule has 4 rings (SSSR count). The van der Waals surface area contributed by atoms with Gasteiger partial charge in [-0.3, -0.25) is 14.5 Å². The van der Waals surface area contributed by atoms with Gasteiger partial charge in [0.25, 0.3) is 11.1 Å². The van der Waals surface area contributed by atoms with Crippen LogP contribution in [0.2, 0.25) is 5.02 Å². The van der Waals surface area contributed by atoms with Crippen LogP contribution in [-0.4, -0.2) is 22.7 Å². The van der Waals surface area contributed by atoms with Gasteiger partial charge in [-0.05, 0) is 60.2 Å². The second kappa shape index (κ2) is 11.3. The first-order valence-electron chi connectivity index (χ1n) is 11.0. The van der Waals surface area contributed by atoms with Crippen LogP contribution in [-0.2, 0) is 17.9 Å². The van der Waals surface area contributed by atoms with Crippen LogP contribution in [0.1, 0.15) is 29.2 Å². The summed E-state index contributed by atoms with van der Waals surface area (Å²) < 4.78 is 25.4. The molecule has 36 heavy (non-hydrogen) atoms. The zero-order chi connectivity index (χ0) is 25.7. The topological polar surface area (TPSA) is 79.6 Å². The van der Waals surface area contributed by atoms with Gasteiger partial charge in [0.05, 0.1) is 34.7 Å². The molecule has 3 aromatic carbocycles. The number of benzene rings is 3. The minimum Gasteiger partial charge on any atom is -0.490 e. The predicted octanol–water partition coefficient (Wildman–Crippen LogP) is 6.56. The number of rotatable bonds is 8. The Bertz CT molecular complexity index is 1400. The van der Waals surface area contributed by atoms with Crippen LogP contribution < -0.4 is 9.47 Å². The number of carbonyl (C=O) groups excluding carboxylic acids is 2. The fourth-order valence-electron chi connectivity index (χ4n) is 3.56. The largest absolute Gasteiger partial charge is 0.490 e. The number of carbonyl (C=O) groups is 2. The van der Waals surface area contributed by atoms with Gasteiger partial charge in [-0.1, -0.05) is 48.0 Å². The van der Waals surface area contributed by atoms with E-state index in [0.717, 1.165) is 16.7 Å². The van der Waals surface area contributed by atoms with E-state index in [-0.39, 0.29) is 28.8 Å². The minimum absolute atomic E-state index is 0.000481. The molecule has 1 aliphatic heterocycles. The van der Waals surface area contributed by atoms with Crippen molar-refractivity contribution in [3.8, 4) is 17.6 Å². The summed E-state index contributed by atoms with van der Waals surface area (Å²) in [5, 5.41) is 9.08. The number of hydrogen-bond donors (Lipinski definition) is 0. The Kier molecular flexibility index (Phi) is 7.93. The number of amides is 2. The molecular weight excluding hydrogens is 503 g/mol. The first kappa shape index (κ1) is 25.3. The van der Waals surface area contributed by atoms with Crippen molar-refractivity contribution >= 4 is 40.6 Å². The highest BCUT2D eigenvalue weighted by molar-refractivity contribution is 8.18. The molecule has 0 aromatic heterocycles. The van der Waals surface area contributed by atoms with E-state index in [2.05, 4.69) is 6.07 Å². The Labute approximate surface area is 216 Å². The van der Waals surface area contributed by atoms with Crippen LogP contribution in [0, 0.1) is 17.1 Å². The molecule has 1 aliphatic rings. The lowest BCUT2D eigenvalue weighted by molar-refractivity contribution is -0.123. The summed E-state index contributed by atoms with van der Waals surface area (Å²) in [6, 6.07) is 18.4. The van der Waals surface area contributed by atoms with E-state index in [1.165, 1.54) is 6.07 Å². The fraction of sp³-hybridized carbons (Fsp3) is 0.148. The zero-order valence-corrected chi connectivity index (χ0v) is 20.7. The molecule has 0 bridgehead atoms. The van der Waals surface area contributed by atoms with E-state index in [1.807, 2.05) is 0 Å². The molecular formula is C27H20ClFN2O4S. The summed E-state index contributed by atoms with van der Waals surface area (Å²) in [6.07, 6.45) is 1.55. The molecule has 6 nitrogen and oxygen atoms in total. The number of hydrogen-bond acceptors (Lipinski definition) is 6. The maximum absolute atomic E-state index is 14.0. The van der Waals surface area contributed by atoms with Gasteiger partial charge in [0.15, 0.2) is 11.5 Å². The lowest BCUT2D eigenvalue weighted by Gasteiger charge is -2.15. The summed E-state index contributed by atoms with van der Waals surface area (Å²) in [4.78, 5) is 26.9. The molecule has 2 amide bonds. The summed E-state index contributed by atoms with van der Waals surface area (Å²) in [7, 11) is 0. The highest BCUT2D eigenvalue weighted by atomic mass is 35.5. The van der Waals surface area contributed by atoms with Crippen molar-refractivity contribution in [1.29, 1.82) is 5.26 Å². The number of halogens is 2. The lowest BCUT2D eigenvalue weighted by atomic mass is 10.1. The quantitative estimate of drug-likeness (QED) is 0.311. The van der Waals surface area contributed by atoms with Gasteiger partial charge in [0.2, 0.25) is 0 Å². The average Bonchev–Trinajstić information content (AvgIpc) is 3.12. The monoisotopic (exact) mass is 522 g/mol. The van der Waals surface area contributed by atoms with Crippen molar-refractivity contribution in [3.05, 3.63) is 98.7 Å². The number of thioether (sulfide) groups is 1. The van der Waals surface area contributed by atoms with Crippen LogP contribution >= 0.6 is 23.4 Å². The van der Waals surface area contributed by atoms with Crippen LogP contribution in [0.5, 0.6) is 11.5 Å². The SMILES string of the molecule is CCOc1cc(/C=C2/SC(=O)N(Cc3ccccc3C#N)C2=O)cc(Cl)c1OCc1ccccc1F. The van der Waals surface area contributed by atoms with E-state index in [9.17, 15) is 19.2 Å². The molecule has 0 saturated carbocycles. The molecule has 1 fully saturated rings. The molecule has 0 unspecified atom stereocenters. The number of nitriles is 1. The molecule has 0 aliphatic carbocycles. The number of nitrogens with zero attached hydrogens (tertiary/aromatic N) is 2. The second-order valence-electron chi connectivity index (χ2n) is 7.68. The normalized spacial score (nSPS) is 14.3. The van der Waals surface area contributed by atoms with E-state index in [4.69, 9.17) is 21.1 Å². The van der Waals surface area contributed by atoms with Crippen LogP contribution in [0.15, 0.2) is 65.6 Å². The molecule has 0 spiro atoms. The van der Waals surface area contributed by atoms with E-state index < -0.39 is 17.0 Å². The third kappa shape index (κ3) is 5.54. The predicted molar refractivity (Wildman–Crippen MR) is 136 cm³/mol. The van der Waals surface area contributed by atoms with Gasteiger partial charge in [0.1, 0.15) is 12.4 Å². The van der Waals surface area contributed by atoms with Gasteiger partial charge < -0.3 is 9.47 Å². The number of ether oxygens (including phenoxy) is 2. The van der Waals surface area contributed by atoms with Gasteiger partial charge in [-0.2, -0.15) is 5.26 Å². The van der Waals surface area contributed by atoms with E-state index in [0.29, 0.717) is 34.6 Å². The van der Waals surface area contributed by atoms with Crippen molar-refractivity contribution in [2.24, 2.45) is 0 Å². The third-order valence-corrected chi connectivity index (χ3v) is 6.49. The zero-order valence-electron chi connectivity index (χ0n) is 19.2. The fourth-order valence-corrected chi connectivity index (χ4v) is 4.68. The molecule has 0 atom stereocenters. The van der Waals surface area contributed by atoms with Gasteiger partial charge in [-0.25, -0.2) is 4.39 Å². The molecule has 3 aromatic rings. The Morgan fingerprint density at radius 2 is 1.81 bits per heavy atom. The van der Waals surface area contributed by atoms with Gasteiger partial charge in [-0.15, -0.1) is 0 Å². The maximum Gasteiger partial charge on any atom is 0.293 e. The summed E-state index contributed by atoms with van der Waals surface area (Å²) in [5.41, 5.74) is 1.89. The molecule has 1 heterocycles. The summed E-state index contributed by atoms with van der Waals surface area (Å²) in [5.74, 6) is -0.280. The summed E-state index contributed by atoms with van der Waals surface area (Å²) >= 11 is 7.28. The Morgan fingerprint density at radius 1 is 1.08 bits per heavy atom. The Hall–Kier alpha value is -3.80. The summed E-state index contributed by atoms with van der Waals surface area (Å²) in [6.45, 7) is 2.07. The highest BCUT2D eigenvalue weighted by Crippen LogP contribution is 2.40. The smallest absolute Gasteiger partial charge is 0.293 e. The lowest BCUT2D eigenvalue weighted by Crippen LogP contribution is -2.27. The van der Waals surface area contributed by atoms with Crippen LogP contribution in [0.3, 0.4) is 0 Å². The first-order chi connectivity index (χ1) is 17.4. The van der Waals surface area contributed by atoms with Crippen molar-refractivity contribution in [2.45, 2.75) is 20.1 Å². The van der Waals surface area contributed by atoms with Crippen LogP contribution in [0.4, 0.5) is 9.18 Å². The average molecular weight is 523 g/mol. The standard InChI is InChI=1S/C27H20ClFN2O4S/c1-2-34-23-12-17(11-21(28)25(23)35-16-20-9-5-6-10-22(20)29)13-24-26(32)31(27(33)36-24)15-19-8-4-3-7-18(19)14-30/h3-13H,2,15-16H2,1H3/b24-13+. The molecule has 9 heteroatoms. The molecule has 182 valence electrons.